The molecule has 0 aliphatic rings. The first-order chi connectivity index (χ1) is 16.9. The molecule has 0 saturated carbocycles. The van der Waals surface area contributed by atoms with Crippen LogP contribution >= 0.6 is 23.2 Å². The lowest BCUT2D eigenvalue weighted by molar-refractivity contribution is -0.122. The van der Waals surface area contributed by atoms with Crippen LogP contribution in [-0.2, 0) is 16.1 Å². The summed E-state index contributed by atoms with van der Waals surface area (Å²) in [5.41, 5.74) is 2.55. The quantitative estimate of drug-likeness (QED) is 0.232. The van der Waals surface area contributed by atoms with Gasteiger partial charge in [-0.2, -0.15) is 0 Å². The number of amides is 2. The predicted molar refractivity (Wildman–Crippen MR) is 137 cm³/mol. The van der Waals surface area contributed by atoms with E-state index in [1.54, 1.807) is 34.9 Å². The molecule has 176 valence electrons. The first-order valence-electron chi connectivity index (χ1n) is 10.6. The molecule has 0 fully saturated rings. The minimum absolute atomic E-state index is 0.149. The van der Waals surface area contributed by atoms with Gasteiger partial charge in [-0.1, -0.05) is 77.8 Å². The van der Waals surface area contributed by atoms with Gasteiger partial charge < -0.3 is 15.0 Å². The van der Waals surface area contributed by atoms with E-state index in [1.807, 2.05) is 48.5 Å². The van der Waals surface area contributed by atoms with Crippen LogP contribution in [0.15, 0.2) is 89.1 Å². The number of rotatable bonds is 7. The van der Waals surface area contributed by atoms with Crippen LogP contribution in [0.4, 0.5) is 5.69 Å². The summed E-state index contributed by atoms with van der Waals surface area (Å²) < 4.78 is 1.64. The minimum atomic E-state index is -0.660. The van der Waals surface area contributed by atoms with Gasteiger partial charge in [-0.3, -0.25) is 9.59 Å². The number of nitrogens with one attached hydrogen (secondary N) is 1. The molecule has 35 heavy (non-hydrogen) atoms. The van der Waals surface area contributed by atoms with Crippen LogP contribution in [0, 0.1) is 0 Å². The maximum atomic E-state index is 12.2. The van der Waals surface area contributed by atoms with Crippen LogP contribution in [0.1, 0.15) is 11.1 Å². The van der Waals surface area contributed by atoms with Crippen LogP contribution in [0.2, 0.25) is 10.0 Å². The number of hydrogen-bond acceptors (Lipinski definition) is 4. The molecule has 0 aliphatic carbocycles. The van der Waals surface area contributed by atoms with E-state index in [1.165, 1.54) is 6.08 Å². The van der Waals surface area contributed by atoms with Crippen molar-refractivity contribution in [1.29, 1.82) is 0 Å². The van der Waals surface area contributed by atoms with Crippen molar-refractivity contribution in [2.45, 2.75) is 6.54 Å². The van der Waals surface area contributed by atoms with Crippen LogP contribution in [0.5, 0.6) is 5.88 Å². The van der Waals surface area contributed by atoms with Gasteiger partial charge in [0.1, 0.15) is 6.54 Å². The van der Waals surface area contributed by atoms with Crippen LogP contribution in [0.3, 0.4) is 0 Å². The highest BCUT2D eigenvalue weighted by atomic mass is 35.5. The summed E-state index contributed by atoms with van der Waals surface area (Å²) in [5, 5.41) is 22.5. The van der Waals surface area contributed by atoms with Gasteiger partial charge in [-0.15, -0.1) is 10.2 Å². The van der Waals surface area contributed by atoms with Gasteiger partial charge in [0.05, 0.1) is 22.1 Å². The molecule has 2 amide bonds. The molecule has 0 unspecified atom stereocenters. The van der Waals surface area contributed by atoms with E-state index >= 15 is 0 Å². The van der Waals surface area contributed by atoms with Crippen molar-refractivity contribution in [3.8, 4) is 5.88 Å². The van der Waals surface area contributed by atoms with E-state index in [0.717, 1.165) is 11.1 Å². The van der Waals surface area contributed by atoms with Crippen LogP contribution < -0.4 is 5.32 Å². The van der Waals surface area contributed by atoms with Crippen molar-refractivity contribution in [3.05, 3.63) is 100 Å². The Bertz CT molecular complexity index is 1450. The molecule has 0 saturated heterocycles. The molecule has 1 aromatic heterocycles. The van der Waals surface area contributed by atoms with Gasteiger partial charge in [-0.05, 0) is 35.4 Å². The lowest BCUT2D eigenvalue weighted by Gasteiger charge is -2.08. The Hall–Kier alpha value is -3.94. The summed E-state index contributed by atoms with van der Waals surface area (Å²) in [6.45, 7) is -0.0271. The third-order valence-electron chi connectivity index (χ3n) is 5.14. The van der Waals surface area contributed by atoms with Crippen molar-refractivity contribution in [3.63, 3.8) is 0 Å². The zero-order valence-corrected chi connectivity index (χ0v) is 19.9. The molecule has 0 atom stereocenters. The fourth-order valence-electron chi connectivity index (χ4n) is 3.45. The lowest BCUT2D eigenvalue weighted by atomic mass is 10.2. The molecular weight excluding hydrogens is 487 g/mol. The number of hydrogen-bond donors (Lipinski definition) is 2. The molecule has 1 heterocycles. The van der Waals surface area contributed by atoms with Crippen molar-refractivity contribution >= 4 is 57.7 Å². The molecular formula is C26H20Cl2N4O3. The predicted octanol–water partition coefficient (Wildman–Crippen LogP) is 6.14. The van der Waals surface area contributed by atoms with E-state index in [0.29, 0.717) is 27.5 Å². The van der Waals surface area contributed by atoms with Gasteiger partial charge in [0.25, 0.3) is 5.91 Å². The smallest absolute Gasteiger partial charge is 0.283 e. The highest BCUT2D eigenvalue weighted by Gasteiger charge is 2.17. The van der Waals surface area contributed by atoms with E-state index in [9.17, 15) is 14.7 Å². The van der Waals surface area contributed by atoms with Gasteiger partial charge in [0.2, 0.25) is 11.8 Å². The number of fused-ring (bicyclic) bond motifs is 1. The highest BCUT2D eigenvalue weighted by molar-refractivity contribution is 6.42. The largest absolute Gasteiger partial charge is 0.493 e. The van der Waals surface area contributed by atoms with Crippen molar-refractivity contribution in [2.75, 3.05) is 6.54 Å². The minimum Gasteiger partial charge on any atom is -0.493 e. The summed E-state index contributed by atoms with van der Waals surface area (Å²) in [4.78, 5) is 24.2. The standard InChI is InChI=1S/C26H20Cl2N4O3/c27-20-12-10-18(14-21(20)28)16-32-22-9-5-4-8-19(22)25(26(32)35)31-30-24(34)15-29-23(33)13-11-17-6-2-1-3-7-17/h1-14,35H,15-16H2,(H,29,33)/b13-11+,31-30?. The second-order valence-corrected chi connectivity index (χ2v) is 8.39. The normalized spacial score (nSPS) is 11.5. The summed E-state index contributed by atoms with van der Waals surface area (Å²) in [6.07, 6.45) is 2.98. The monoisotopic (exact) mass is 506 g/mol. The average molecular weight is 507 g/mol. The summed E-state index contributed by atoms with van der Waals surface area (Å²) in [6, 6.07) is 21.7. The fourth-order valence-corrected chi connectivity index (χ4v) is 3.77. The molecule has 3 aromatic carbocycles. The number of nitrogens with zero attached hydrogens (tertiary/aromatic N) is 3. The Morgan fingerprint density at radius 3 is 2.49 bits per heavy atom. The Labute approximate surface area is 211 Å². The molecule has 0 aliphatic heterocycles. The Kier molecular flexibility index (Phi) is 7.60. The first kappa shape index (κ1) is 24.2. The summed E-state index contributed by atoms with van der Waals surface area (Å²) >= 11 is 12.1. The highest BCUT2D eigenvalue weighted by Crippen LogP contribution is 2.39. The van der Waals surface area contributed by atoms with E-state index in [2.05, 4.69) is 15.5 Å². The maximum Gasteiger partial charge on any atom is 0.283 e. The molecule has 0 bridgehead atoms. The van der Waals surface area contributed by atoms with Crippen LogP contribution in [-0.4, -0.2) is 28.0 Å². The number of aromatic hydroxyl groups is 1. The number of para-hydroxylation sites is 1. The molecule has 7 nitrogen and oxygen atoms in total. The molecule has 4 rings (SSSR count). The number of azo groups is 1. The summed E-state index contributed by atoms with van der Waals surface area (Å²) in [5.74, 6) is -1.24. The summed E-state index contributed by atoms with van der Waals surface area (Å²) in [7, 11) is 0. The second kappa shape index (κ2) is 11.0. The number of aromatic nitrogens is 1. The molecule has 9 heteroatoms. The molecule has 0 spiro atoms. The SMILES string of the molecule is O=C(CNC(=O)/C=C/c1ccccc1)N=Nc1c(O)n(Cc2ccc(Cl)c(Cl)c2)c2ccccc12. The first-order valence-corrected chi connectivity index (χ1v) is 11.4. The lowest BCUT2D eigenvalue weighted by Crippen LogP contribution is -2.26. The average Bonchev–Trinajstić information content (AvgIpc) is 3.13. The second-order valence-electron chi connectivity index (χ2n) is 7.58. The fraction of sp³-hybridized carbons (Fsp3) is 0.0769. The van der Waals surface area contributed by atoms with E-state index in [4.69, 9.17) is 23.2 Å². The molecule has 2 N–H and O–H groups in total. The maximum absolute atomic E-state index is 12.2. The van der Waals surface area contributed by atoms with Gasteiger partial charge >= 0.3 is 0 Å². The topological polar surface area (TPSA) is 96.1 Å². The zero-order valence-electron chi connectivity index (χ0n) is 18.4. The zero-order chi connectivity index (χ0) is 24.8. The van der Waals surface area contributed by atoms with Gasteiger partial charge in [0.15, 0.2) is 5.69 Å². The molecule has 0 radical (unpaired) electrons. The van der Waals surface area contributed by atoms with E-state index < -0.39 is 11.8 Å². The van der Waals surface area contributed by atoms with Crippen molar-refractivity contribution in [2.24, 2.45) is 10.2 Å². The number of halogens is 2. The third kappa shape index (κ3) is 5.95. The van der Waals surface area contributed by atoms with E-state index in [-0.39, 0.29) is 18.1 Å². The van der Waals surface area contributed by atoms with Crippen LogP contribution in [0.25, 0.3) is 17.0 Å². The Balaban J connectivity index is 1.47. The number of carbonyl (C=O) groups excluding carboxylic acids is 2. The number of benzene rings is 3. The Morgan fingerprint density at radius 2 is 1.71 bits per heavy atom. The van der Waals surface area contributed by atoms with Crippen molar-refractivity contribution in [1.82, 2.24) is 9.88 Å². The Morgan fingerprint density at radius 1 is 0.971 bits per heavy atom. The number of carbonyl (C=O) groups is 2. The van der Waals surface area contributed by atoms with Gasteiger partial charge in [0, 0.05) is 11.5 Å². The van der Waals surface area contributed by atoms with Crippen molar-refractivity contribution < 1.29 is 14.7 Å². The van der Waals surface area contributed by atoms with Gasteiger partial charge in [-0.25, -0.2) is 0 Å². The molecule has 4 aromatic rings. The third-order valence-corrected chi connectivity index (χ3v) is 5.88.